The highest BCUT2D eigenvalue weighted by Crippen LogP contribution is 2.66. The maximum atomic E-state index is 11.4. The Morgan fingerprint density at radius 2 is 1.07 bits per heavy atom. The average Bonchev–Trinajstić information content (AvgIpc) is 2.67. The van der Waals surface area contributed by atoms with Crippen molar-refractivity contribution in [1.29, 1.82) is 0 Å². The van der Waals surface area contributed by atoms with Crippen molar-refractivity contribution in [1.82, 2.24) is 0 Å². The predicted octanol–water partition coefficient (Wildman–Crippen LogP) is 5.39. The van der Waals surface area contributed by atoms with Gasteiger partial charge in [0.05, 0.1) is 0 Å². The molecule has 4 aliphatic rings. The van der Waals surface area contributed by atoms with Crippen LogP contribution in [0.4, 0.5) is 11.4 Å². The smallest absolute Gasteiger partial charge is 0.221 e. The molecule has 4 fully saturated rings. The second-order valence-corrected chi connectivity index (χ2v) is 10.0. The van der Waals surface area contributed by atoms with E-state index in [9.17, 15) is 9.59 Å². The van der Waals surface area contributed by atoms with E-state index in [2.05, 4.69) is 59.2 Å². The number of anilines is 2. The fraction of sp³-hybridized carbons (Fsp3) is 0.462. The molecule has 4 saturated carbocycles. The summed E-state index contributed by atoms with van der Waals surface area (Å²) in [6.45, 7) is 3.10. The van der Waals surface area contributed by atoms with E-state index in [4.69, 9.17) is 0 Å². The van der Waals surface area contributed by atoms with Crippen molar-refractivity contribution in [3.05, 3.63) is 59.7 Å². The maximum absolute atomic E-state index is 11.4. The quantitative estimate of drug-likeness (QED) is 0.720. The van der Waals surface area contributed by atoms with Gasteiger partial charge in [0.25, 0.3) is 0 Å². The van der Waals surface area contributed by atoms with Gasteiger partial charge in [-0.25, -0.2) is 0 Å². The van der Waals surface area contributed by atoms with Crippen LogP contribution in [-0.2, 0) is 20.4 Å². The molecule has 2 amide bonds. The van der Waals surface area contributed by atoms with E-state index in [0.29, 0.717) is 0 Å². The van der Waals surface area contributed by atoms with Gasteiger partial charge < -0.3 is 10.6 Å². The molecule has 2 aromatic carbocycles. The van der Waals surface area contributed by atoms with Crippen LogP contribution in [0, 0.1) is 11.8 Å². The summed E-state index contributed by atoms with van der Waals surface area (Å²) < 4.78 is 0. The van der Waals surface area contributed by atoms with Crippen molar-refractivity contribution in [2.45, 2.75) is 63.2 Å². The lowest BCUT2D eigenvalue weighted by Crippen LogP contribution is -2.55. The molecule has 0 atom stereocenters. The van der Waals surface area contributed by atoms with Crippen molar-refractivity contribution >= 4 is 23.2 Å². The number of benzene rings is 2. The molecular formula is C26H30N2O2. The Bertz CT molecular complexity index is 886. The molecule has 0 heterocycles. The molecule has 0 unspecified atom stereocenters. The third-order valence-electron chi connectivity index (χ3n) is 7.70. The fourth-order valence-electron chi connectivity index (χ4n) is 7.16. The zero-order chi connectivity index (χ0) is 20.9. The minimum absolute atomic E-state index is 0.0285. The summed E-state index contributed by atoms with van der Waals surface area (Å²) in [5.74, 6) is 1.52. The molecule has 4 aliphatic carbocycles. The van der Waals surface area contributed by atoms with Gasteiger partial charge in [0, 0.05) is 25.2 Å². The summed E-state index contributed by atoms with van der Waals surface area (Å²) in [7, 11) is 0. The monoisotopic (exact) mass is 402 g/mol. The minimum atomic E-state index is -0.0285. The van der Waals surface area contributed by atoms with Gasteiger partial charge in [-0.2, -0.15) is 0 Å². The molecule has 0 aromatic heterocycles. The molecule has 0 radical (unpaired) electrons. The summed E-state index contributed by atoms with van der Waals surface area (Å²) in [6, 6.07) is 17.2. The standard InChI is InChI=1S/C26H30N2O2/c1-17(29)27-23-7-3-21(4-8-23)25-12-19-11-20(13-25)15-26(14-19,16-25)22-5-9-24(10-6-22)28-18(2)30/h3-10,19-20H,11-16H2,1-2H3,(H,27,29)(H,28,30). The van der Waals surface area contributed by atoms with Crippen molar-refractivity contribution in [3.8, 4) is 0 Å². The molecule has 0 spiro atoms. The Kier molecular flexibility index (Phi) is 4.49. The van der Waals surface area contributed by atoms with E-state index in [0.717, 1.165) is 23.2 Å². The molecule has 4 heteroatoms. The second-order valence-electron chi connectivity index (χ2n) is 10.0. The topological polar surface area (TPSA) is 58.2 Å². The summed E-state index contributed by atoms with van der Waals surface area (Å²) >= 11 is 0. The minimum Gasteiger partial charge on any atom is -0.326 e. The summed E-state index contributed by atoms with van der Waals surface area (Å²) in [4.78, 5) is 22.7. The lowest BCUT2D eigenvalue weighted by atomic mass is 9.42. The van der Waals surface area contributed by atoms with Crippen LogP contribution in [0.25, 0.3) is 0 Å². The Hall–Kier alpha value is -2.62. The van der Waals surface area contributed by atoms with Crippen LogP contribution in [-0.4, -0.2) is 11.8 Å². The normalized spacial score (nSPS) is 31.4. The van der Waals surface area contributed by atoms with Gasteiger partial charge in [-0.1, -0.05) is 24.3 Å². The maximum Gasteiger partial charge on any atom is 0.221 e. The molecule has 6 rings (SSSR count). The van der Waals surface area contributed by atoms with Crippen molar-refractivity contribution in [2.75, 3.05) is 10.6 Å². The lowest BCUT2D eigenvalue weighted by Gasteiger charge is -2.63. The highest BCUT2D eigenvalue weighted by Gasteiger charge is 2.58. The van der Waals surface area contributed by atoms with Gasteiger partial charge in [0.1, 0.15) is 0 Å². The summed E-state index contributed by atoms with van der Waals surface area (Å²) in [5.41, 5.74) is 5.11. The number of carbonyl (C=O) groups excluding carboxylic acids is 2. The van der Waals surface area contributed by atoms with Gasteiger partial charge in [0.2, 0.25) is 11.8 Å². The van der Waals surface area contributed by atoms with Crippen LogP contribution >= 0.6 is 0 Å². The lowest BCUT2D eigenvalue weighted by molar-refractivity contribution is -0.115. The number of nitrogens with one attached hydrogen (secondary N) is 2. The van der Waals surface area contributed by atoms with Gasteiger partial charge >= 0.3 is 0 Å². The van der Waals surface area contributed by atoms with Crippen LogP contribution in [0.2, 0.25) is 0 Å². The van der Waals surface area contributed by atoms with Crippen LogP contribution in [0.15, 0.2) is 48.5 Å². The molecule has 156 valence electrons. The third-order valence-corrected chi connectivity index (χ3v) is 7.70. The largest absolute Gasteiger partial charge is 0.326 e. The fourth-order valence-corrected chi connectivity index (χ4v) is 7.16. The van der Waals surface area contributed by atoms with Crippen LogP contribution in [0.3, 0.4) is 0 Å². The summed E-state index contributed by atoms with van der Waals surface area (Å²) in [5, 5.41) is 5.78. The van der Waals surface area contributed by atoms with Gasteiger partial charge in [-0.15, -0.1) is 0 Å². The average molecular weight is 403 g/mol. The first kappa shape index (κ1) is 19.3. The Labute approximate surface area is 178 Å². The van der Waals surface area contributed by atoms with Crippen molar-refractivity contribution in [3.63, 3.8) is 0 Å². The van der Waals surface area contributed by atoms with Crippen molar-refractivity contribution in [2.24, 2.45) is 11.8 Å². The first-order valence-electron chi connectivity index (χ1n) is 11.1. The van der Waals surface area contributed by atoms with Gasteiger partial charge in [-0.3, -0.25) is 9.59 Å². The van der Waals surface area contributed by atoms with Gasteiger partial charge in [0.15, 0.2) is 0 Å². The van der Waals surface area contributed by atoms with Crippen LogP contribution in [0.1, 0.15) is 63.5 Å². The molecule has 30 heavy (non-hydrogen) atoms. The number of amides is 2. The summed E-state index contributed by atoms with van der Waals surface area (Å²) in [6.07, 6.45) is 7.72. The van der Waals surface area contributed by atoms with Crippen LogP contribution in [0.5, 0.6) is 0 Å². The van der Waals surface area contributed by atoms with Crippen LogP contribution < -0.4 is 10.6 Å². The van der Waals surface area contributed by atoms with E-state index in [1.807, 2.05) is 0 Å². The Morgan fingerprint density at radius 3 is 1.40 bits per heavy atom. The molecule has 0 saturated heterocycles. The third kappa shape index (κ3) is 3.32. The molecule has 2 N–H and O–H groups in total. The molecule has 0 aliphatic heterocycles. The first-order chi connectivity index (χ1) is 14.4. The van der Waals surface area contributed by atoms with E-state index >= 15 is 0 Å². The van der Waals surface area contributed by atoms with Crippen molar-refractivity contribution < 1.29 is 9.59 Å². The highest BCUT2D eigenvalue weighted by molar-refractivity contribution is 5.89. The zero-order valence-corrected chi connectivity index (χ0v) is 17.8. The number of carbonyl (C=O) groups is 2. The number of hydrogen-bond acceptors (Lipinski definition) is 2. The number of hydrogen-bond donors (Lipinski definition) is 2. The molecular weight excluding hydrogens is 372 g/mol. The zero-order valence-electron chi connectivity index (χ0n) is 17.8. The molecule has 2 aromatic rings. The Balaban J connectivity index is 1.46. The second kappa shape index (κ2) is 6.97. The highest BCUT2D eigenvalue weighted by atomic mass is 16.2. The predicted molar refractivity (Wildman–Crippen MR) is 120 cm³/mol. The Morgan fingerprint density at radius 1 is 0.700 bits per heavy atom. The molecule has 4 bridgehead atoms. The van der Waals surface area contributed by atoms with Gasteiger partial charge in [-0.05, 0) is 96.6 Å². The van der Waals surface area contributed by atoms with E-state index < -0.39 is 0 Å². The number of rotatable bonds is 4. The SMILES string of the molecule is CC(=O)Nc1ccc(C23CC4CC(C2)CC(c2ccc(NC(C)=O)cc2)(C4)C3)cc1. The first-order valence-corrected chi connectivity index (χ1v) is 11.1. The van der Waals surface area contributed by atoms with E-state index in [-0.39, 0.29) is 22.6 Å². The van der Waals surface area contributed by atoms with E-state index in [1.54, 1.807) is 13.8 Å². The molecule has 4 nitrogen and oxygen atoms in total. The van der Waals surface area contributed by atoms with E-state index in [1.165, 1.54) is 49.7 Å².